The first kappa shape index (κ1) is 25.8. The lowest BCUT2D eigenvalue weighted by molar-refractivity contribution is -0.118. The van der Waals surface area contributed by atoms with Gasteiger partial charge in [-0.15, -0.1) is 0 Å². The molecule has 0 spiro atoms. The van der Waals surface area contributed by atoms with E-state index in [0.29, 0.717) is 26.2 Å². The zero-order chi connectivity index (χ0) is 25.7. The third kappa shape index (κ3) is 5.90. The number of ether oxygens (including phenoxy) is 2. The number of hydrogen-bond donors (Lipinski definition) is 1. The van der Waals surface area contributed by atoms with Crippen molar-refractivity contribution in [3.05, 3.63) is 87.8 Å². The van der Waals surface area contributed by atoms with Crippen LogP contribution in [0.5, 0.6) is 11.5 Å². The van der Waals surface area contributed by atoms with Gasteiger partial charge in [-0.3, -0.25) is 14.5 Å². The minimum Gasteiger partial charge on any atom is -0.493 e. The Balaban J connectivity index is 1.50. The minimum atomic E-state index is -0.334. The molecule has 0 saturated carbocycles. The van der Waals surface area contributed by atoms with Crippen LogP contribution in [0.15, 0.2) is 71.6 Å². The molecule has 36 heavy (non-hydrogen) atoms. The zero-order valence-corrected chi connectivity index (χ0v) is 22.0. The number of halogens is 1. The molecule has 0 atom stereocenters. The first-order chi connectivity index (χ1) is 17.4. The summed E-state index contributed by atoms with van der Waals surface area (Å²) in [5.74, 6) is 0.0382. The van der Waals surface area contributed by atoms with Gasteiger partial charge >= 0.3 is 0 Å². The number of para-hydroxylation sites is 1. The van der Waals surface area contributed by atoms with Gasteiger partial charge in [0.25, 0.3) is 11.8 Å². The normalized spacial score (nSPS) is 14.3. The van der Waals surface area contributed by atoms with E-state index in [9.17, 15) is 9.59 Å². The van der Waals surface area contributed by atoms with Crippen LogP contribution >= 0.6 is 35.6 Å². The van der Waals surface area contributed by atoms with Crippen LogP contribution in [0.4, 0.5) is 11.4 Å². The van der Waals surface area contributed by atoms with E-state index >= 15 is 0 Å². The standard InChI is InChI=1S/C27H23ClN2O4S2/c1-3-17-9-11-20(12-10-17)30-26(32)23(36-27(30)35)15-18-13-21(28)25(22(14-18)33-2)34-16-24(31)29-19-7-5-4-6-8-19/h4-15H,3,16H2,1-2H3,(H,29,31)/b23-15-. The molecule has 1 saturated heterocycles. The van der Waals surface area contributed by atoms with E-state index in [1.165, 1.54) is 29.3 Å². The van der Waals surface area contributed by atoms with Gasteiger partial charge in [0, 0.05) is 5.69 Å². The lowest BCUT2D eigenvalue weighted by Crippen LogP contribution is -2.27. The van der Waals surface area contributed by atoms with Gasteiger partial charge < -0.3 is 14.8 Å². The summed E-state index contributed by atoms with van der Waals surface area (Å²) >= 11 is 13.2. The number of anilines is 2. The SMILES string of the molecule is CCc1ccc(N2C(=O)/C(=C/c3cc(Cl)c(OCC(=O)Nc4ccccc4)c(OC)c3)SC2=S)cc1. The highest BCUT2D eigenvalue weighted by molar-refractivity contribution is 8.27. The Morgan fingerprint density at radius 1 is 1.14 bits per heavy atom. The number of nitrogens with one attached hydrogen (secondary N) is 1. The van der Waals surface area contributed by atoms with Crippen molar-refractivity contribution in [1.29, 1.82) is 0 Å². The summed E-state index contributed by atoms with van der Waals surface area (Å²) in [6.07, 6.45) is 2.62. The third-order valence-corrected chi connectivity index (χ3v) is 6.93. The number of hydrogen-bond acceptors (Lipinski definition) is 6. The highest BCUT2D eigenvalue weighted by atomic mass is 35.5. The maximum absolute atomic E-state index is 13.1. The molecule has 9 heteroatoms. The highest BCUT2D eigenvalue weighted by Gasteiger charge is 2.33. The Kier molecular flexibility index (Phi) is 8.30. The average Bonchev–Trinajstić information content (AvgIpc) is 3.16. The molecule has 3 aromatic carbocycles. The first-order valence-corrected chi connectivity index (χ1v) is 12.7. The smallest absolute Gasteiger partial charge is 0.270 e. The van der Waals surface area contributed by atoms with Crippen LogP contribution in [0.25, 0.3) is 6.08 Å². The number of thiocarbonyl (C=S) groups is 1. The monoisotopic (exact) mass is 538 g/mol. The van der Waals surface area contributed by atoms with Crippen molar-refractivity contribution in [2.24, 2.45) is 0 Å². The molecule has 6 nitrogen and oxygen atoms in total. The van der Waals surface area contributed by atoms with Gasteiger partial charge in [0.05, 0.1) is 22.7 Å². The maximum atomic E-state index is 13.1. The number of thioether (sulfide) groups is 1. The van der Waals surface area contributed by atoms with Crippen LogP contribution in [-0.4, -0.2) is 29.9 Å². The lowest BCUT2D eigenvalue weighted by atomic mass is 10.1. The Labute approximate surface area is 224 Å². The number of carbonyl (C=O) groups excluding carboxylic acids is 2. The molecule has 0 radical (unpaired) electrons. The molecule has 0 bridgehead atoms. The summed E-state index contributed by atoms with van der Waals surface area (Å²) in [5, 5.41) is 3.00. The molecule has 4 rings (SSSR count). The van der Waals surface area contributed by atoms with Gasteiger partial charge in [-0.2, -0.15) is 0 Å². The predicted octanol–water partition coefficient (Wildman–Crippen LogP) is 6.33. The van der Waals surface area contributed by atoms with E-state index in [-0.39, 0.29) is 29.2 Å². The summed E-state index contributed by atoms with van der Waals surface area (Å²) in [7, 11) is 1.48. The molecule has 0 aromatic heterocycles. The Morgan fingerprint density at radius 2 is 1.86 bits per heavy atom. The van der Waals surface area contributed by atoms with Crippen LogP contribution in [0.2, 0.25) is 5.02 Å². The topological polar surface area (TPSA) is 67.9 Å². The highest BCUT2D eigenvalue weighted by Crippen LogP contribution is 2.40. The molecular weight excluding hydrogens is 516 g/mol. The molecule has 3 aromatic rings. The second kappa shape index (κ2) is 11.6. The van der Waals surface area contributed by atoms with Crippen LogP contribution in [-0.2, 0) is 16.0 Å². The quantitative estimate of drug-likeness (QED) is 0.267. The number of nitrogens with zero attached hydrogens (tertiary/aromatic N) is 1. The number of methoxy groups -OCH3 is 1. The number of rotatable bonds is 8. The molecular formula is C27H23ClN2O4S2. The van der Waals surface area contributed by atoms with Gasteiger partial charge in [0.15, 0.2) is 22.4 Å². The van der Waals surface area contributed by atoms with Crippen LogP contribution in [0.3, 0.4) is 0 Å². The third-order valence-electron chi connectivity index (χ3n) is 5.35. The van der Waals surface area contributed by atoms with Gasteiger partial charge in [0.1, 0.15) is 0 Å². The molecule has 184 valence electrons. The van der Waals surface area contributed by atoms with Gasteiger partial charge in [-0.1, -0.05) is 72.8 Å². The van der Waals surface area contributed by atoms with E-state index in [0.717, 1.165) is 12.1 Å². The summed E-state index contributed by atoms with van der Waals surface area (Å²) < 4.78 is 11.6. The summed E-state index contributed by atoms with van der Waals surface area (Å²) in [5.41, 5.74) is 3.21. The van der Waals surface area contributed by atoms with Crippen molar-refractivity contribution in [2.45, 2.75) is 13.3 Å². The van der Waals surface area contributed by atoms with E-state index in [4.69, 9.17) is 33.3 Å². The van der Waals surface area contributed by atoms with Crippen LogP contribution in [0, 0.1) is 0 Å². The van der Waals surface area contributed by atoms with Gasteiger partial charge in [-0.25, -0.2) is 0 Å². The molecule has 1 fully saturated rings. The predicted molar refractivity (Wildman–Crippen MR) is 150 cm³/mol. The molecule has 1 aliphatic heterocycles. The first-order valence-electron chi connectivity index (χ1n) is 11.1. The zero-order valence-electron chi connectivity index (χ0n) is 19.6. The second-order valence-electron chi connectivity index (χ2n) is 7.77. The number of aryl methyl sites for hydroxylation is 1. The van der Waals surface area contributed by atoms with Crippen molar-refractivity contribution in [2.75, 3.05) is 23.9 Å². The molecule has 0 aliphatic carbocycles. The lowest BCUT2D eigenvalue weighted by Gasteiger charge is -2.15. The van der Waals surface area contributed by atoms with E-state index < -0.39 is 0 Å². The molecule has 1 heterocycles. The number of amides is 2. The molecule has 1 aliphatic rings. The molecule has 2 amide bonds. The minimum absolute atomic E-state index is 0.206. The van der Waals surface area contributed by atoms with Crippen molar-refractivity contribution < 1.29 is 19.1 Å². The van der Waals surface area contributed by atoms with Gasteiger partial charge in [0.2, 0.25) is 0 Å². The summed E-state index contributed by atoms with van der Waals surface area (Å²) in [6.45, 7) is 1.83. The fourth-order valence-electron chi connectivity index (χ4n) is 3.54. The average molecular weight is 539 g/mol. The summed E-state index contributed by atoms with van der Waals surface area (Å²) in [4.78, 5) is 27.4. The fourth-order valence-corrected chi connectivity index (χ4v) is 5.11. The van der Waals surface area contributed by atoms with E-state index in [1.807, 2.05) is 42.5 Å². The largest absolute Gasteiger partial charge is 0.493 e. The van der Waals surface area contributed by atoms with Crippen molar-refractivity contribution in [3.63, 3.8) is 0 Å². The van der Waals surface area contributed by atoms with E-state index in [2.05, 4.69) is 12.2 Å². The second-order valence-corrected chi connectivity index (χ2v) is 9.86. The van der Waals surface area contributed by atoms with Crippen LogP contribution < -0.4 is 19.7 Å². The Morgan fingerprint density at radius 3 is 2.53 bits per heavy atom. The Hall–Kier alpha value is -3.33. The molecule has 0 unspecified atom stereocenters. The van der Waals surface area contributed by atoms with Crippen molar-refractivity contribution >= 4 is 69.2 Å². The van der Waals surface area contributed by atoms with E-state index in [1.54, 1.807) is 30.3 Å². The number of benzene rings is 3. The fraction of sp³-hybridized carbons (Fsp3) is 0.148. The maximum Gasteiger partial charge on any atom is 0.270 e. The molecule has 1 N–H and O–H groups in total. The van der Waals surface area contributed by atoms with Gasteiger partial charge in [-0.05, 0) is 60.0 Å². The summed E-state index contributed by atoms with van der Waals surface area (Å²) in [6, 6.07) is 20.2. The van der Waals surface area contributed by atoms with Crippen molar-refractivity contribution in [3.8, 4) is 11.5 Å². The van der Waals surface area contributed by atoms with Crippen molar-refractivity contribution in [1.82, 2.24) is 0 Å². The van der Waals surface area contributed by atoms with Crippen LogP contribution in [0.1, 0.15) is 18.1 Å². The number of carbonyl (C=O) groups is 2. The Bertz CT molecular complexity index is 1330.